The Morgan fingerprint density at radius 3 is 2.57 bits per heavy atom. The van der Waals surface area contributed by atoms with Crippen LogP contribution in [-0.4, -0.2) is 30.1 Å². The molecule has 1 saturated heterocycles. The molecular weight excluding hydrogens is 178 g/mol. The van der Waals surface area contributed by atoms with E-state index in [9.17, 15) is 4.79 Å². The number of amides is 1. The fraction of sp³-hybridized carbons (Fsp3) is 0.700. The number of carbonyl (C=O) groups excluding carboxylic acids is 1. The summed E-state index contributed by atoms with van der Waals surface area (Å²) in [5.41, 5.74) is 11.2. The average Bonchev–Trinajstić information content (AvgIpc) is 2.18. The summed E-state index contributed by atoms with van der Waals surface area (Å²) in [6, 6.07) is 0. The molecule has 1 aliphatic heterocycles. The van der Waals surface area contributed by atoms with Gasteiger partial charge in [-0.1, -0.05) is 6.08 Å². The topological polar surface area (TPSA) is 72.3 Å². The van der Waals surface area contributed by atoms with E-state index in [-0.39, 0.29) is 18.0 Å². The predicted molar refractivity (Wildman–Crippen MR) is 56.3 cm³/mol. The Kier molecular flexibility index (Phi) is 4.10. The number of primary amides is 1. The summed E-state index contributed by atoms with van der Waals surface area (Å²) in [5, 5.41) is 0. The molecule has 14 heavy (non-hydrogen) atoms. The maximum absolute atomic E-state index is 10.9. The maximum atomic E-state index is 10.9. The molecule has 80 valence electrons. The van der Waals surface area contributed by atoms with Crippen molar-refractivity contribution in [2.24, 2.45) is 17.4 Å². The molecule has 1 rings (SSSR count). The molecule has 0 saturated carbocycles. The van der Waals surface area contributed by atoms with Crippen molar-refractivity contribution in [3.63, 3.8) is 0 Å². The normalized spacial score (nSPS) is 21.8. The SMILES string of the molecule is C=CCC(N)N1CCC(C(N)=O)CC1. The van der Waals surface area contributed by atoms with Gasteiger partial charge in [0.25, 0.3) is 0 Å². The molecule has 4 heteroatoms. The summed E-state index contributed by atoms with van der Waals surface area (Å²) in [6.07, 6.45) is 4.33. The van der Waals surface area contributed by atoms with Crippen molar-refractivity contribution in [1.29, 1.82) is 0 Å². The summed E-state index contributed by atoms with van der Waals surface area (Å²) in [4.78, 5) is 13.1. The molecule has 0 aromatic heterocycles. The van der Waals surface area contributed by atoms with Crippen molar-refractivity contribution < 1.29 is 4.79 Å². The van der Waals surface area contributed by atoms with Crippen molar-refractivity contribution >= 4 is 5.91 Å². The molecule has 1 unspecified atom stereocenters. The van der Waals surface area contributed by atoms with Crippen LogP contribution in [0.3, 0.4) is 0 Å². The molecule has 0 aromatic carbocycles. The van der Waals surface area contributed by atoms with Crippen molar-refractivity contribution in [2.75, 3.05) is 13.1 Å². The van der Waals surface area contributed by atoms with E-state index in [2.05, 4.69) is 11.5 Å². The van der Waals surface area contributed by atoms with Gasteiger partial charge in [-0.05, 0) is 19.3 Å². The zero-order valence-corrected chi connectivity index (χ0v) is 8.48. The van der Waals surface area contributed by atoms with Crippen LogP contribution in [-0.2, 0) is 4.79 Å². The largest absolute Gasteiger partial charge is 0.369 e. The fourth-order valence-electron chi connectivity index (χ4n) is 1.84. The van der Waals surface area contributed by atoms with E-state index in [4.69, 9.17) is 11.5 Å². The Morgan fingerprint density at radius 1 is 1.57 bits per heavy atom. The third kappa shape index (κ3) is 2.82. The van der Waals surface area contributed by atoms with Crippen LogP contribution >= 0.6 is 0 Å². The minimum absolute atomic E-state index is 0.0429. The molecule has 1 atom stereocenters. The van der Waals surface area contributed by atoms with Gasteiger partial charge in [0, 0.05) is 19.0 Å². The number of piperidine rings is 1. The van der Waals surface area contributed by atoms with Crippen LogP contribution in [0.4, 0.5) is 0 Å². The molecule has 0 bridgehead atoms. The van der Waals surface area contributed by atoms with Gasteiger partial charge in [-0.25, -0.2) is 0 Å². The first-order valence-corrected chi connectivity index (χ1v) is 5.05. The van der Waals surface area contributed by atoms with E-state index in [0.717, 1.165) is 32.4 Å². The second-order valence-corrected chi connectivity index (χ2v) is 3.80. The van der Waals surface area contributed by atoms with Crippen LogP contribution in [0.1, 0.15) is 19.3 Å². The minimum Gasteiger partial charge on any atom is -0.369 e. The summed E-state index contributed by atoms with van der Waals surface area (Å²) >= 11 is 0. The molecule has 1 fully saturated rings. The van der Waals surface area contributed by atoms with E-state index in [1.54, 1.807) is 0 Å². The minimum atomic E-state index is -0.179. The quantitative estimate of drug-likeness (QED) is 0.625. The predicted octanol–water partition coefficient (Wildman–Crippen LogP) is 0.0446. The highest BCUT2D eigenvalue weighted by atomic mass is 16.1. The Morgan fingerprint density at radius 2 is 2.14 bits per heavy atom. The monoisotopic (exact) mass is 197 g/mol. The fourth-order valence-corrected chi connectivity index (χ4v) is 1.84. The van der Waals surface area contributed by atoms with Gasteiger partial charge in [0.2, 0.25) is 5.91 Å². The van der Waals surface area contributed by atoms with Crippen LogP contribution in [0.15, 0.2) is 12.7 Å². The summed E-state index contributed by atoms with van der Waals surface area (Å²) in [7, 11) is 0. The van der Waals surface area contributed by atoms with E-state index >= 15 is 0 Å². The second kappa shape index (κ2) is 5.12. The van der Waals surface area contributed by atoms with Gasteiger partial charge in [0.05, 0.1) is 6.17 Å². The molecule has 1 aliphatic rings. The van der Waals surface area contributed by atoms with E-state index in [0.29, 0.717) is 0 Å². The zero-order chi connectivity index (χ0) is 10.6. The number of rotatable bonds is 4. The van der Waals surface area contributed by atoms with E-state index in [1.807, 2.05) is 6.08 Å². The lowest BCUT2D eigenvalue weighted by Crippen LogP contribution is -2.47. The van der Waals surface area contributed by atoms with E-state index < -0.39 is 0 Å². The van der Waals surface area contributed by atoms with Crippen LogP contribution in [0, 0.1) is 5.92 Å². The second-order valence-electron chi connectivity index (χ2n) is 3.80. The van der Waals surface area contributed by atoms with Crippen molar-refractivity contribution in [2.45, 2.75) is 25.4 Å². The Hall–Kier alpha value is -0.870. The highest BCUT2D eigenvalue weighted by Gasteiger charge is 2.25. The third-order valence-electron chi connectivity index (χ3n) is 2.81. The molecule has 1 amide bonds. The highest BCUT2D eigenvalue weighted by Crippen LogP contribution is 2.18. The summed E-state index contributed by atoms with van der Waals surface area (Å²) in [6.45, 7) is 5.39. The van der Waals surface area contributed by atoms with Crippen LogP contribution in [0.5, 0.6) is 0 Å². The summed E-state index contributed by atoms with van der Waals surface area (Å²) < 4.78 is 0. The van der Waals surface area contributed by atoms with Gasteiger partial charge in [-0.2, -0.15) is 0 Å². The molecule has 0 spiro atoms. The Bertz CT molecular complexity index is 209. The van der Waals surface area contributed by atoms with Gasteiger partial charge in [0.1, 0.15) is 0 Å². The van der Waals surface area contributed by atoms with Crippen molar-refractivity contribution in [3.8, 4) is 0 Å². The Labute approximate surface area is 84.9 Å². The lowest BCUT2D eigenvalue weighted by molar-refractivity contribution is -0.123. The lowest BCUT2D eigenvalue weighted by Gasteiger charge is -2.34. The van der Waals surface area contributed by atoms with Gasteiger partial charge < -0.3 is 11.5 Å². The molecule has 4 N–H and O–H groups in total. The standard InChI is InChI=1S/C10H19N3O/c1-2-3-9(11)13-6-4-8(5-7-13)10(12)14/h2,8-9H,1,3-7,11H2,(H2,12,14). The van der Waals surface area contributed by atoms with Gasteiger partial charge >= 0.3 is 0 Å². The number of carbonyl (C=O) groups is 1. The smallest absolute Gasteiger partial charge is 0.220 e. The molecule has 1 heterocycles. The number of hydrogen-bond acceptors (Lipinski definition) is 3. The molecule has 0 aromatic rings. The molecule has 4 nitrogen and oxygen atoms in total. The number of hydrogen-bond donors (Lipinski definition) is 2. The first-order valence-electron chi connectivity index (χ1n) is 5.05. The van der Waals surface area contributed by atoms with Crippen molar-refractivity contribution in [3.05, 3.63) is 12.7 Å². The van der Waals surface area contributed by atoms with Crippen LogP contribution in [0.2, 0.25) is 0 Å². The Balaban J connectivity index is 2.34. The van der Waals surface area contributed by atoms with Gasteiger partial charge in [-0.3, -0.25) is 9.69 Å². The molecular formula is C10H19N3O. The van der Waals surface area contributed by atoms with Crippen molar-refractivity contribution in [1.82, 2.24) is 4.90 Å². The van der Waals surface area contributed by atoms with Gasteiger partial charge in [-0.15, -0.1) is 6.58 Å². The third-order valence-corrected chi connectivity index (χ3v) is 2.81. The number of nitrogens with two attached hydrogens (primary N) is 2. The molecule has 0 radical (unpaired) electrons. The average molecular weight is 197 g/mol. The van der Waals surface area contributed by atoms with E-state index in [1.165, 1.54) is 0 Å². The number of nitrogens with zero attached hydrogens (tertiary/aromatic N) is 1. The first-order chi connectivity index (χ1) is 6.65. The first kappa shape index (κ1) is 11.2. The summed E-state index contributed by atoms with van der Waals surface area (Å²) in [5.74, 6) is -0.135. The number of likely N-dealkylation sites (tertiary alicyclic amines) is 1. The zero-order valence-electron chi connectivity index (χ0n) is 8.48. The lowest BCUT2D eigenvalue weighted by atomic mass is 9.96. The van der Waals surface area contributed by atoms with Crippen LogP contribution < -0.4 is 11.5 Å². The molecule has 0 aliphatic carbocycles. The van der Waals surface area contributed by atoms with Gasteiger partial charge in [0.15, 0.2) is 0 Å². The van der Waals surface area contributed by atoms with Crippen LogP contribution in [0.25, 0.3) is 0 Å². The highest BCUT2D eigenvalue weighted by molar-refractivity contribution is 5.76. The maximum Gasteiger partial charge on any atom is 0.220 e.